The number of hydrogen-bond acceptors (Lipinski definition) is 2. The SMILES string of the molecule is O=Cc1occc1-c1ccc(Cl)c2ccccc12. The fourth-order valence-corrected chi connectivity index (χ4v) is 2.36. The summed E-state index contributed by atoms with van der Waals surface area (Å²) in [7, 11) is 0. The van der Waals surface area contributed by atoms with Crippen LogP contribution in [0.15, 0.2) is 53.1 Å². The summed E-state index contributed by atoms with van der Waals surface area (Å²) in [6.07, 6.45) is 2.24. The summed E-state index contributed by atoms with van der Waals surface area (Å²) in [5, 5.41) is 2.68. The number of aldehydes is 1. The maximum Gasteiger partial charge on any atom is 0.185 e. The minimum atomic E-state index is 0.336. The van der Waals surface area contributed by atoms with Crippen LogP contribution < -0.4 is 0 Å². The minimum Gasteiger partial charge on any atom is -0.461 e. The van der Waals surface area contributed by atoms with Crippen LogP contribution in [0.1, 0.15) is 10.6 Å². The third-order valence-electron chi connectivity index (χ3n) is 2.96. The van der Waals surface area contributed by atoms with Gasteiger partial charge in [0.1, 0.15) is 0 Å². The standard InChI is InChI=1S/C15H9ClO2/c16-14-6-5-11(10-3-1-2-4-12(10)14)13-7-8-18-15(13)9-17/h1-9H. The summed E-state index contributed by atoms with van der Waals surface area (Å²) < 4.78 is 5.15. The summed E-state index contributed by atoms with van der Waals surface area (Å²) in [5.41, 5.74) is 1.74. The molecule has 3 aromatic rings. The molecule has 0 aliphatic carbocycles. The number of fused-ring (bicyclic) bond motifs is 1. The first-order chi connectivity index (χ1) is 8.81. The number of furan rings is 1. The second kappa shape index (κ2) is 4.31. The van der Waals surface area contributed by atoms with Gasteiger partial charge in [0.2, 0.25) is 0 Å². The highest BCUT2D eigenvalue weighted by Crippen LogP contribution is 2.34. The molecule has 0 fully saturated rings. The van der Waals surface area contributed by atoms with Gasteiger partial charge in [0, 0.05) is 16.0 Å². The second-order valence-corrected chi connectivity index (χ2v) is 4.36. The summed E-state index contributed by atoms with van der Waals surface area (Å²) in [4.78, 5) is 10.9. The largest absolute Gasteiger partial charge is 0.461 e. The zero-order valence-corrected chi connectivity index (χ0v) is 10.1. The van der Waals surface area contributed by atoms with Crippen molar-refractivity contribution in [1.29, 1.82) is 0 Å². The molecule has 0 saturated heterocycles. The van der Waals surface area contributed by atoms with E-state index in [1.165, 1.54) is 6.26 Å². The van der Waals surface area contributed by atoms with Crippen LogP contribution in [-0.2, 0) is 0 Å². The molecule has 0 bridgehead atoms. The van der Waals surface area contributed by atoms with Crippen LogP contribution in [0.25, 0.3) is 21.9 Å². The minimum absolute atomic E-state index is 0.336. The lowest BCUT2D eigenvalue weighted by Gasteiger charge is -2.06. The number of hydrogen-bond donors (Lipinski definition) is 0. The van der Waals surface area contributed by atoms with Crippen molar-refractivity contribution in [3.05, 3.63) is 59.5 Å². The number of halogens is 1. The highest BCUT2D eigenvalue weighted by atomic mass is 35.5. The first-order valence-corrected chi connectivity index (χ1v) is 5.89. The first-order valence-electron chi connectivity index (χ1n) is 5.51. The average Bonchev–Trinajstić information content (AvgIpc) is 2.88. The van der Waals surface area contributed by atoms with Gasteiger partial charge in [-0.3, -0.25) is 4.79 Å². The van der Waals surface area contributed by atoms with E-state index in [9.17, 15) is 4.79 Å². The number of carbonyl (C=O) groups is 1. The molecule has 0 atom stereocenters. The lowest BCUT2D eigenvalue weighted by Crippen LogP contribution is -1.84. The molecule has 3 heteroatoms. The number of carbonyl (C=O) groups excluding carboxylic acids is 1. The molecule has 0 unspecified atom stereocenters. The maximum atomic E-state index is 10.9. The fourth-order valence-electron chi connectivity index (χ4n) is 2.13. The Kier molecular flexibility index (Phi) is 2.65. The van der Waals surface area contributed by atoms with Crippen LogP contribution in [0.4, 0.5) is 0 Å². The van der Waals surface area contributed by atoms with Crippen molar-refractivity contribution in [2.75, 3.05) is 0 Å². The summed E-state index contributed by atoms with van der Waals surface area (Å²) in [5.74, 6) is 0.336. The Morgan fingerprint density at radius 2 is 1.72 bits per heavy atom. The Morgan fingerprint density at radius 1 is 0.944 bits per heavy atom. The zero-order chi connectivity index (χ0) is 12.5. The molecular formula is C15H9ClO2. The van der Waals surface area contributed by atoms with E-state index >= 15 is 0 Å². The number of rotatable bonds is 2. The molecule has 0 radical (unpaired) electrons. The van der Waals surface area contributed by atoms with Crippen LogP contribution in [-0.4, -0.2) is 6.29 Å². The molecule has 0 spiro atoms. The predicted molar refractivity (Wildman–Crippen MR) is 72.0 cm³/mol. The molecule has 3 rings (SSSR count). The number of benzene rings is 2. The molecule has 0 saturated carbocycles. The quantitative estimate of drug-likeness (QED) is 0.629. The Bertz CT molecular complexity index is 728. The van der Waals surface area contributed by atoms with Crippen LogP contribution >= 0.6 is 11.6 Å². The van der Waals surface area contributed by atoms with E-state index in [1.54, 1.807) is 6.07 Å². The van der Waals surface area contributed by atoms with Gasteiger partial charge in [-0.2, -0.15) is 0 Å². The van der Waals surface area contributed by atoms with Gasteiger partial charge in [-0.05, 0) is 23.1 Å². The molecular weight excluding hydrogens is 248 g/mol. The van der Waals surface area contributed by atoms with E-state index in [-0.39, 0.29) is 0 Å². The molecule has 2 nitrogen and oxygen atoms in total. The van der Waals surface area contributed by atoms with Gasteiger partial charge in [-0.1, -0.05) is 41.9 Å². The predicted octanol–water partition coefficient (Wildman–Crippen LogP) is 4.57. The van der Waals surface area contributed by atoms with Crippen molar-refractivity contribution in [3.8, 4) is 11.1 Å². The van der Waals surface area contributed by atoms with Crippen molar-refractivity contribution in [2.24, 2.45) is 0 Å². The molecule has 1 heterocycles. The van der Waals surface area contributed by atoms with Gasteiger partial charge in [-0.25, -0.2) is 0 Å². The molecule has 18 heavy (non-hydrogen) atoms. The van der Waals surface area contributed by atoms with Crippen LogP contribution in [0, 0.1) is 0 Å². The second-order valence-electron chi connectivity index (χ2n) is 3.96. The van der Waals surface area contributed by atoms with Gasteiger partial charge in [0.15, 0.2) is 12.0 Å². The molecule has 2 aromatic carbocycles. The lowest BCUT2D eigenvalue weighted by molar-refractivity contribution is 0.110. The van der Waals surface area contributed by atoms with Crippen molar-refractivity contribution in [1.82, 2.24) is 0 Å². The zero-order valence-electron chi connectivity index (χ0n) is 9.39. The summed E-state index contributed by atoms with van der Waals surface area (Å²) >= 11 is 6.17. The van der Waals surface area contributed by atoms with E-state index < -0.39 is 0 Å². The Labute approximate surface area is 109 Å². The van der Waals surface area contributed by atoms with Gasteiger partial charge in [0.25, 0.3) is 0 Å². The van der Waals surface area contributed by atoms with Crippen molar-refractivity contribution < 1.29 is 9.21 Å². The fraction of sp³-hybridized carbons (Fsp3) is 0. The van der Waals surface area contributed by atoms with E-state index in [0.717, 1.165) is 28.2 Å². The van der Waals surface area contributed by atoms with E-state index in [4.69, 9.17) is 16.0 Å². The van der Waals surface area contributed by atoms with Crippen LogP contribution in [0.3, 0.4) is 0 Å². The molecule has 0 aliphatic rings. The Morgan fingerprint density at radius 3 is 2.50 bits per heavy atom. The molecule has 1 aromatic heterocycles. The normalized spacial score (nSPS) is 10.7. The third kappa shape index (κ3) is 1.62. The topological polar surface area (TPSA) is 30.2 Å². The monoisotopic (exact) mass is 256 g/mol. The molecule has 0 N–H and O–H groups in total. The van der Waals surface area contributed by atoms with E-state index in [2.05, 4.69) is 0 Å². The van der Waals surface area contributed by atoms with E-state index in [0.29, 0.717) is 10.8 Å². The lowest BCUT2D eigenvalue weighted by atomic mass is 9.99. The summed E-state index contributed by atoms with van der Waals surface area (Å²) in [6.45, 7) is 0. The van der Waals surface area contributed by atoms with E-state index in [1.807, 2.05) is 36.4 Å². The Hall–Kier alpha value is -2.06. The molecule has 88 valence electrons. The van der Waals surface area contributed by atoms with Crippen LogP contribution in [0.5, 0.6) is 0 Å². The van der Waals surface area contributed by atoms with Crippen molar-refractivity contribution >= 4 is 28.7 Å². The van der Waals surface area contributed by atoms with Crippen molar-refractivity contribution in [2.45, 2.75) is 0 Å². The smallest absolute Gasteiger partial charge is 0.185 e. The average molecular weight is 257 g/mol. The van der Waals surface area contributed by atoms with Gasteiger partial charge in [0.05, 0.1) is 6.26 Å². The first kappa shape index (κ1) is 11.1. The van der Waals surface area contributed by atoms with Crippen molar-refractivity contribution in [3.63, 3.8) is 0 Å². The molecule has 0 amide bonds. The Balaban J connectivity index is 2.37. The summed E-state index contributed by atoms with van der Waals surface area (Å²) in [6, 6.07) is 13.4. The highest BCUT2D eigenvalue weighted by molar-refractivity contribution is 6.36. The van der Waals surface area contributed by atoms with Crippen LogP contribution in [0.2, 0.25) is 5.02 Å². The molecule has 0 aliphatic heterocycles. The van der Waals surface area contributed by atoms with Gasteiger partial charge < -0.3 is 4.42 Å². The highest BCUT2D eigenvalue weighted by Gasteiger charge is 2.11. The van der Waals surface area contributed by atoms with Gasteiger partial charge in [-0.15, -0.1) is 0 Å². The maximum absolute atomic E-state index is 10.9. The third-order valence-corrected chi connectivity index (χ3v) is 3.29. The van der Waals surface area contributed by atoms with Gasteiger partial charge >= 0.3 is 0 Å².